The second-order valence-electron chi connectivity index (χ2n) is 7.39. The molecule has 2 aliphatic heterocycles. The van der Waals surface area contributed by atoms with E-state index in [9.17, 15) is 9.59 Å². The van der Waals surface area contributed by atoms with Gasteiger partial charge in [0.1, 0.15) is 5.75 Å². The number of ketones is 1. The van der Waals surface area contributed by atoms with Crippen LogP contribution < -0.4 is 10.1 Å². The Morgan fingerprint density at radius 3 is 3.13 bits per heavy atom. The van der Waals surface area contributed by atoms with Crippen LogP contribution in [0.15, 0.2) is 12.1 Å². The van der Waals surface area contributed by atoms with Crippen LogP contribution in [-0.4, -0.2) is 42.8 Å². The van der Waals surface area contributed by atoms with Crippen molar-refractivity contribution in [3.8, 4) is 5.75 Å². The standard InChI is InChI=1S/C18H20N2O3/c1-20-7-6-18-11-3-5-14(22)17(18)23-16-12(19-9-21)4-2-10(15(16)18)8-13(11)20/h2,4,9,11,13,17H,3,5-8H2,1H3,(H,19,21)/t11-,13+,17-,18-/m0/s1. The van der Waals surface area contributed by atoms with Gasteiger partial charge in [0.15, 0.2) is 11.9 Å². The number of likely N-dealkylation sites (tertiary alicyclic amines) is 1. The fourth-order valence-corrected chi connectivity index (χ4v) is 5.71. The summed E-state index contributed by atoms with van der Waals surface area (Å²) in [6.45, 7) is 0.999. The molecule has 2 heterocycles. The number of likely N-dealkylation sites (N-methyl/N-ethyl adjacent to an activating group) is 1. The number of nitrogens with one attached hydrogen (secondary N) is 1. The molecule has 1 saturated carbocycles. The average molecular weight is 312 g/mol. The summed E-state index contributed by atoms with van der Waals surface area (Å²) in [4.78, 5) is 26.0. The van der Waals surface area contributed by atoms with Crippen molar-refractivity contribution >= 4 is 17.9 Å². The van der Waals surface area contributed by atoms with Crippen LogP contribution in [0.25, 0.3) is 0 Å². The zero-order chi connectivity index (χ0) is 15.8. The number of hydrogen-bond acceptors (Lipinski definition) is 4. The van der Waals surface area contributed by atoms with Crippen LogP contribution in [0.4, 0.5) is 5.69 Å². The number of rotatable bonds is 2. The molecular weight excluding hydrogens is 292 g/mol. The number of piperidine rings is 1. The number of carbonyl (C=O) groups excluding carboxylic acids is 2. The van der Waals surface area contributed by atoms with Crippen LogP contribution in [0.3, 0.4) is 0 Å². The largest absolute Gasteiger partial charge is 0.479 e. The van der Waals surface area contributed by atoms with Crippen LogP contribution in [-0.2, 0) is 21.4 Å². The van der Waals surface area contributed by atoms with Crippen LogP contribution in [0.1, 0.15) is 30.4 Å². The lowest BCUT2D eigenvalue weighted by Gasteiger charge is -2.57. The monoisotopic (exact) mass is 312 g/mol. The van der Waals surface area contributed by atoms with Gasteiger partial charge in [0.05, 0.1) is 5.69 Å². The molecule has 0 aromatic heterocycles. The molecule has 0 unspecified atom stereocenters. The Balaban J connectivity index is 1.79. The smallest absolute Gasteiger partial charge is 0.211 e. The zero-order valence-electron chi connectivity index (χ0n) is 13.2. The first-order valence-electron chi connectivity index (χ1n) is 8.43. The van der Waals surface area contributed by atoms with Crippen LogP contribution >= 0.6 is 0 Å². The van der Waals surface area contributed by atoms with Gasteiger partial charge >= 0.3 is 0 Å². The summed E-state index contributed by atoms with van der Waals surface area (Å²) in [5, 5.41) is 2.75. The molecule has 1 aromatic rings. The van der Waals surface area contributed by atoms with Crippen molar-refractivity contribution in [3.05, 3.63) is 23.3 Å². The van der Waals surface area contributed by atoms with E-state index < -0.39 is 0 Å². The third-order valence-electron chi connectivity index (χ3n) is 6.62. The van der Waals surface area contributed by atoms with Crippen LogP contribution in [0.2, 0.25) is 0 Å². The first-order chi connectivity index (χ1) is 11.2. The normalized spacial score (nSPS) is 37.1. The third-order valence-corrected chi connectivity index (χ3v) is 6.62. The minimum atomic E-state index is -0.360. The van der Waals surface area contributed by atoms with E-state index in [1.54, 1.807) is 0 Å². The Kier molecular flexibility index (Phi) is 2.56. The first-order valence-corrected chi connectivity index (χ1v) is 8.43. The summed E-state index contributed by atoms with van der Waals surface area (Å²) in [6.07, 6.45) is 3.86. The molecule has 1 amide bonds. The number of anilines is 1. The summed E-state index contributed by atoms with van der Waals surface area (Å²) < 4.78 is 6.22. The Morgan fingerprint density at radius 2 is 2.30 bits per heavy atom. The lowest BCUT2D eigenvalue weighted by atomic mass is 9.51. The Hall–Kier alpha value is -1.88. The summed E-state index contributed by atoms with van der Waals surface area (Å²) in [5.74, 6) is 1.46. The molecule has 2 fully saturated rings. The van der Waals surface area contributed by atoms with Gasteiger partial charge in [-0.25, -0.2) is 0 Å². The van der Waals surface area contributed by atoms with Crippen LogP contribution in [0, 0.1) is 5.92 Å². The summed E-state index contributed by atoms with van der Waals surface area (Å²) in [5.41, 5.74) is 3.04. The Morgan fingerprint density at radius 1 is 1.43 bits per heavy atom. The van der Waals surface area contributed by atoms with E-state index in [2.05, 4.69) is 23.3 Å². The molecule has 1 spiro atoms. The lowest BCUT2D eigenvalue weighted by molar-refractivity contribution is -0.138. The van der Waals surface area contributed by atoms with E-state index in [0.717, 1.165) is 31.6 Å². The van der Waals surface area contributed by atoms with Gasteiger partial charge < -0.3 is 15.0 Å². The molecule has 2 aliphatic carbocycles. The summed E-state index contributed by atoms with van der Waals surface area (Å²) >= 11 is 0. The van der Waals surface area contributed by atoms with Crippen molar-refractivity contribution in [1.82, 2.24) is 4.90 Å². The maximum Gasteiger partial charge on any atom is 0.211 e. The number of carbonyl (C=O) groups is 2. The highest BCUT2D eigenvalue weighted by Gasteiger charge is 2.65. The van der Waals surface area contributed by atoms with Gasteiger partial charge in [-0.05, 0) is 50.4 Å². The SMILES string of the molecule is CN1CC[C@]23c4c5ccc(NC=O)c4O[C@H]2C(=O)CC[C@H]3[C@H]1C5. The zero-order valence-corrected chi connectivity index (χ0v) is 13.2. The fourth-order valence-electron chi connectivity index (χ4n) is 5.71. The number of amides is 1. The highest BCUT2D eigenvalue weighted by molar-refractivity contribution is 5.90. The van der Waals surface area contributed by atoms with E-state index in [1.807, 2.05) is 6.07 Å². The second kappa shape index (κ2) is 4.35. The van der Waals surface area contributed by atoms with Crippen molar-refractivity contribution in [3.63, 3.8) is 0 Å². The van der Waals surface area contributed by atoms with Crippen molar-refractivity contribution in [1.29, 1.82) is 0 Å². The molecular formula is C18H20N2O3. The second-order valence-corrected chi connectivity index (χ2v) is 7.39. The van der Waals surface area contributed by atoms with Crippen LogP contribution in [0.5, 0.6) is 5.75 Å². The van der Waals surface area contributed by atoms with Gasteiger partial charge in [-0.1, -0.05) is 6.07 Å². The molecule has 23 heavy (non-hydrogen) atoms. The fraction of sp³-hybridized carbons (Fsp3) is 0.556. The summed E-state index contributed by atoms with van der Waals surface area (Å²) in [6, 6.07) is 4.52. The van der Waals surface area contributed by atoms with Gasteiger partial charge in [0, 0.05) is 23.4 Å². The van der Waals surface area contributed by atoms with Gasteiger partial charge in [-0.3, -0.25) is 9.59 Å². The molecule has 5 heteroatoms. The molecule has 1 aromatic carbocycles. The lowest BCUT2D eigenvalue weighted by Crippen LogP contribution is -2.65. The molecule has 2 bridgehead atoms. The van der Waals surface area contributed by atoms with Crippen molar-refractivity contribution < 1.29 is 14.3 Å². The van der Waals surface area contributed by atoms with E-state index >= 15 is 0 Å². The topological polar surface area (TPSA) is 58.6 Å². The van der Waals surface area contributed by atoms with E-state index in [0.29, 0.717) is 30.5 Å². The van der Waals surface area contributed by atoms with Crippen molar-refractivity contribution in [2.45, 2.75) is 43.2 Å². The van der Waals surface area contributed by atoms with E-state index in [1.165, 1.54) is 11.1 Å². The Labute approximate surface area is 135 Å². The number of hydrogen-bond donors (Lipinski definition) is 1. The van der Waals surface area contributed by atoms with E-state index in [4.69, 9.17) is 4.74 Å². The number of nitrogens with zero attached hydrogens (tertiary/aromatic N) is 1. The van der Waals surface area contributed by atoms with Crippen molar-refractivity contribution in [2.75, 3.05) is 18.9 Å². The molecule has 1 N–H and O–H groups in total. The maximum absolute atomic E-state index is 12.6. The Bertz CT molecular complexity index is 731. The minimum absolute atomic E-state index is 0.171. The highest BCUT2D eigenvalue weighted by atomic mass is 16.5. The number of ether oxygens (including phenoxy) is 1. The van der Waals surface area contributed by atoms with Gasteiger partial charge in [0.25, 0.3) is 0 Å². The highest BCUT2D eigenvalue weighted by Crippen LogP contribution is 2.62. The predicted molar refractivity (Wildman–Crippen MR) is 84.7 cm³/mol. The maximum atomic E-state index is 12.6. The average Bonchev–Trinajstić information content (AvgIpc) is 2.90. The van der Waals surface area contributed by atoms with E-state index in [-0.39, 0.29) is 17.3 Å². The van der Waals surface area contributed by atoms with Gasteiger partial charge in [-0.2, -0.15) is 0 Å². The molecule has 5 rings (SSSR count). The summed E-state index contributed by atoms with van der Waals surface area (Å²) in [7, 11) is 2.20. The molecule has 1 saturated heterocycles. The van der Waals surface area contributed by atoms with Gasteiger partial charge in [-0.15, -0.1) is 0 Å². The third kappa shape index (κ3) is 1.47. The number of benzene rings is 1. The van der Waals surface area contributed by atoms with Gasteiger partial charge in [0.2, 0.25) is 6.41 Å². The molecule has 120 valence electrons. The predicted octanol–water partition coefficient (Wildman–Crippen LogP) is 1.49. The molecule has 4 atom stereocenters. The molecule has 4 aliphatic rings. The molecule has 5 nitrogen and oxygen atoms in total. The molecule has 0 radical (unpaired) electrons. The number of Topliss-reactive ketones (excluding diaryl/α,β-unsaturated/α-hetero) is 1. The minimum Gasteiger partial charge on any atom is -0.479 e. The quantitative estimate of drug-likeness (QED) is 0.841. The van der Waals surface area contributed by atoms with Crippen molar-refractivity contribution in [2.24, 2.45) is 5.92 Å². The first kappa shape index (κ1) is 13.5.